The largest absolute Gasteiger partial charge is 0.458 e. The monoisotopic (exact) mass is 521 g/mol. The predicted octanol–water partition coefficient (Wildman–Crippen LogP) is 1.19. The molecule has 3 aliphatic heterocycles. The maximum absolute atomic E-state index is 13.6. The summed E-state index contributed by atoms with van der Waals surface area (Å²) in [6.07, 6.45) is 0.504. The molecule has 6 rings (SSSR count). The Morgan fingerprint density at radius 1 is 1.13 bits per heavy atom. The molecular weight excluding hydrogens is 494 g/mol. The first-order valence-corrected chi connectivity index (χ1v) is 12.6. The molecule has 0 radical (unpaired) electrons. The zero-order chi connectivity index (χ0) is 26.8. The van der Waals surface area contributed by atoms with Crippen molar-refractivity contribution in [3.63, 3.8) is 0 Å². The second-order valence-corrected chi connectivity index (χ2v) is 9.62. The number of aromatic nitrogens is 2. The van der Waals surface area contributed by atoms with Gasteiger partial charge < -0.3 is 33.9 Å². The van der Waals surface area contributed by atoms with Gasteiger partial charge >= 0.3 is 5.97 Å². The van der Waals surface area contributed by atoms with E-state index >= 15 is 0 Å². The third-order valence-corrected chi connectivity index (χ3v) is 7.80. The van der Waals surface area contributed by atoms with Crippen molar-refractivity contribution in [3.8, 4) is 22.9 Å². The van der Waals surface area contributed by atoms with Crippen LogP contribution in [0.25, 0.3) is 22.3 Å². The summed E-state index contributed by atoms with van der Waals surface area (Å²) in [5.74, 6) is 0.00977. The van der Waals surface area contributed by atoms with Crippen molar-refractivity contribution in [2.24, 2.45) is 0 Å². The number of esters is 1. The number of rotatable bonds is 6. The predicted molar refractivity (Wildman–Crippen MR) is 134 cm³/mol. The van der Waals surface area contributed by atoms with E-state index in [1.54, 1.807) is 28.5 Å². The Balaban J connectivity index is 1.56. The summed E-state index contributed by atoms with van der Waals surface area (Å²) >= 11 is 0. The van der Waals surface area contributed by atoms with Crippen molar-refractivity contribution >= 4 is 22.8 Å². The normalized spacial score (nSPS) is 18.7. The summed E-state index contributed by atoms with van der Waals surface area (Å²) in [6.45, 7) is 3.86. The zero-order valence-electron chi connectivity index (χ0n) is 21.1. The number of carbonyl (C=O) groups excluding carboxylic acids is 2. The zero-order valence-corrected chi connectivity index (χ0v) is 21.1. The number of carbonyl (C=O) groups is 2. The first kappa shape index (κ1) is 24.4. The molecule has 3 aromatic rings. The molecule has 1 amide bonds. The molecule has 0 aliphatic carbocycles. The number of benzene rings is 1. The van der Waals surface area contributed by atoms with E-state index in [1.165, 1.54) is 0 Å². The first-order valence-electron chi connectivity index (χ1n) is 12.6. The van der Waals surface area contributed by atoms with Crippen LogP contribution in [-0.4, -0.2) is 63.0 Å². The number of amides is 1. The molecule has 3 aliphatic rings. The summed E-state index contributed by atoms with van der Waals surface area (Å²) in [7, 11) is 0. The number of cyclic esters (lactones) is 1. The highest BCUT2D eigenvalue weighted by molar-refractivity contribution is 5.91. The van der Waals surface area contributed by atoms with Crippen LogP contribution < -0.4 is 15.0 Å². The average Bonchev–Trinajstić information content (AvgIpc) is 3.54. The molecule has 11 heteroatoms. The molecule has 0 fully saturated rings. The number of fused-ring (bicyclic) bond motifs is 6. The van der Waals surface area contributed by atoms with Gasteiger partial charge in [0.15, 0.2) is 17.1 Å². The number of aliphatic hydroxyl groups excluding tert-OH is 1. The van der Waals surface area contributed by atoms with Crippen molar-refractivity contribution in [1.29, 1.82) is 0 Å². The lowest BCUT2D eigenvalue weighted by molar-refractivity contribution is -0.172. The average molecular weight is 522 g/mol. The number of ether oxygens (including phenoxy) is 3. The van der Waals surface area contributed by atoms with E-state index in [-0.39, 0.29) is 49.0 Å². The van der Waals surface area contributed by atoms with Crippen molar-refractivity contribution in [1.82, 2.24) is 14.5 Å². The van der Waals surface area contributed by atoms with E-state index in [0.29, 0.717) is 47.9 Å². The number of hydrogen-bond acceptors (Lipinski definition) is 9. The fraction of sp³-hybridized carbons (Fsp3) is 0.407. The van der Waals surface area contributed by atoms with Gasteiger partial charge in [-0.15, -0.1) is 0 Å². The molecule has 1 aromatic carbocycles. The van der Waals surface area contributed by atoms with E-state index in [9.17, 15) is 24.6 Å². The molecule has 38 heavy (non-hydrogen) atoms. The number of aliphatic hydroxyl groups is 2. The van der Waals surface area contributed by atoms with Crippen molar-refractivity contribution in [3.05, 3.63) is 50.8 Å². The Hall–Kier alpha value is -3.96. The molecule has 1 atom stereocenters. The van der Waals surface area contributed by atoms with E-state index in [1.807, 2.05) is 13.0 Å². The topological polar surface area (TPSA) is 140 Å². The highest BCUT2D eigenvalue weighted by Gasteiger charge is 2.45. The van der Waals surface area contributed by atoms with Crippen LogP contribution in [0.4, 0.5) is 0 Å². The molecule has 0 unspecified atom stereocenters. The van der Waals surface area contributed by atoms with Crippen LogP contribution in [0.5, 0.6) is 11.5 Å². The van der Waals surface area contributed by atoms with Gasteiger partial charge in [0.2, 0.25) is 12.7 Å². The number of pyridine rings is 2. The second-order valence-electron chi connectivity index (χ2n) is 9.62. The fourth-order valence-electron chi connectivity index (χ4n) is 5.64. The maximum atomic E-state index is 13.6. The lowest BCUT2D eigenvalue weighted by Gasteiger charge is -2.31. The van der Waals surface area contributed by atoms with Gasteiger partial charge in [-0.05, 0) is 37.5 Å². The SMILES string of the molecule is CCN(CCc1c2c(nc3cc4c(cc13)OCO4)-c1cc3c(c(=O)n1C2)COC(=O)[C@]3(O)CC)C(=O)CO. The Morgan fingerprint density at radius 3 is 2.61 bits per heavy atom. The number of hydrogen-bond donors (Lipinski definition) is 2. The van der Waals surface area contributed by atoms with Crippen LogP contribution in [0.3, 0.4) is 0 Å². The quantitative estimate of drug-likeness (QED) is 0.358. The van der Waals surface area contributed by atoms with E-state index in [4.69, 9.17) is 19.2 Å². The molecule has 0 saturated carbocycles. The molecule has 5 heterocycles. The Kier molecular flexibility index (Phi) is 5.65. The minimum Gasteiger partial charge on any atom is -0.458 e. The highest BCUT2D eigenvalue weighted by atomic mass is 16.7. The summed E-state index contributed by atoms with van der Waals surface area (Å²) < 4.78 is 17.9. The van der Waals surface area contributed by atoms with Crippen LogP contribution in [0.1, 0.15) is 42.5 Å². The molecule has 0 saturated heterocycles. The van der Waals surface area contributed by atoms with E-state index in [0.717, 1.165) is 16.5 Å². The fourth-order valence-corrected chi connectivity index (χ4v) is 5.64. The summed E-state index contributed by atoms with van der Waals surface area (Å²) in [4.78, 5) is 44.8. The Labute approximate surface area is 217 Å². The minimum atomic E-state index is -1.91. The molecule has 11 nitrogen and oxygen atoms in total. The minimum absolute atomic E-state index is 0.0558. The molecule has 2 N–H and O–H groups in total. The second kappa shape index (κ2) is 8.81. The summed E-state index contributed by atoms with van der Waals surface area (Å²) in [6, 6.07) is 5.33. The van der Waals surface area contributed by atoms with Gasteiger partial charge in [0.1, 0.15) is 13.2 Å². The Bertz CT molecular complexity index is 1580. The lowest BCUT2D eigenvalue weighted by atomic mass is 9.86. The van der Waals surface area contributed by atoms with Crippen LogP contribution in [-0.2, 0) is 39.5 Å². The van der Waals surface area contributed by atoms with E-state index in [2.05, 4.69) is 0 Å². The maximum Gasteiger partial charge on any atom is 0.343 e. The van der Waals surface area contributed by atoms with Crippen molar-refractivity contribution in [2.45, 2.75) is 45.4 Å². The molecule has 198 valence electrons. The van der Waals surface area contributed by atoms with Gasteiger partial charge in [0.25, 0.3) is 5.56 Å². The molecule has 0 spiro atoms. The summed E-state index contributed by atoms with van der Waals surface area (Å²) in [5, 5.41) is 21.3. The highest BCUT2D eigenvalue weighted by Crippen LogP contribution is 2.43. The Morgan fingerprint density at radius 2 is 1.89 bits per heavy atom. The first-order chi connectivity index (χ1) is 18.3. The van der Waals surface area contributed by atoms with Gasteiger partial charge in [-0.2, -0.15) is 0 Å². The standard InChI is InChI=1S/C27H27N3O8/c1-3-27(35)18-8-20-24-16(10-30(20)25(33)17(18)12-36-26(27)34)14(5-6-29(4-2)23(32)11-31)15-7-21-22(38-13-37-21)9-19(15)28-24/h7-9,31,35H,3-6,10-13H2,1-2H3/t27-/m0/s1. The van der Waals surface area contributed by atoms with Crippen LogP contribution in [0.2, 0.25) is 0 Å². The molecular formula is C27H27N3O8. The van der Waals surface area contributed by atoms with Crippen molar-refractivity contribution in [2.75, 3.05) is 26.5 Å². The van der Waals surface area contributed by atoms with Gasteiger partial charge in [-0.25, -0.2) is 9.78 Å². The van der Waals surface area contributed by atoms with E-state index < -0.39 is 18.2 Å². The third-order valence-electron chi connectivity index (χ3n) is 7.80. The number of nitrogens with zero attached hydrogens (tertiary/aromatic N) is 3. The van der Waals surface area contributed by atoms with Crippen LogP contribution in [0.15, 0.2) is 23.0 Å². The third kappa shape index (κ3) is 3.42. The summed E-state index contributed by atoms with van der Waals surface area (Å²) in [5.41, 5.74) is 1.66. The van der Waals surface area contributed by atoms with Gasteiger partial charge in [0, 0.05) is 35.7 Å². The molecule has 2 aromatic heterocycles. The molecule has 0 bridgehead atoms. The lowest BCUT2D eigenvalue weighted by Crippen LogP contribution is -2.44. The smallest absolute Gasteiger partial charge is 0.343 e. The van der Waals surface area contributed by atoms with Crippen molar-refractivity contribution < 1.29 is 34.0 Å². The number of likely N-dealkylation sites (N-methyl/N-ethyl adjacent to an activating group) is 1. The van der Waals surface area contributed by atoms with Gasteiger partial charge in [0.05, 0.1) is 29.0 Å². The van der Waals surface area contributed by atoms with Gasteiger partial charge in [-0.3, -0.25) is 9.59 Å². The van der Waals surface area contributed by atoms with Crippen LogP contribution in [0, 0.1) is 0 Å². The van der Waals surface area contributed by atoms with Crippen LogP contribution >= 0.6 is 0 Å². The van der Waals surface area contributed by atoms with Gasteiger partial charge in [-0.1, -0.05) is 6.92 Å².